The first-order valence-electron chi connectivity index (χ1n) is 6.68. The van der Waals surface area contributed by atoms with Crippen molar-refractivity contribution < 1.29 is 9.84 Å². The number of aliphatic hydroxyl groups is 1. The lowest BCUT2D eigenvalue weighted by molar-refractivity contribution is -0.0902. The van der Waals surface area contributed by atoms with Crippen LogP contribution in [0, 0.1) is 5.41 Å². The number of likely N-dealkylation sites (tertiary alicyclic amines) is 1. The molecular formula is C13H23NO2. The second-order valence-corrected chi connectivity index (χ2v) is 6.22. The summed E-state index contributed by atoms with van der Waals surface area (Å²) in [6.07, 6.45) is 6.46. The first-order chi connectivity index (χ1) is 7.62. The maximum absolute atomic E-state index is 10.5. The summed E-state index contributed by atoms with van der Waals surface area (Å²) in [6, 6.07) is 0. The Bertz CT molecular complexity index is 267. The third-order valence-electron chi connectivity index (χ3n) is 4.94. The molecule has 16 heavy (non-hydrogen) atoms. The lowest BCUT2D eigenvalue weighted by atomic mass is 9.77. The van der Waals surface area contributed by atoms with Gasteiger partial charge in [-0.15, -0.1) is 0 Å². The molecule has 2 unspecified atom stereocenters. The van der Waals surface area contributed by atoms with Gasteiger partial charge in [0.05, 0.1) is 6.10 Å². The molecule has 1 spiro atoms. The van der Waals surface area contributed by atoms with E-state index >= 15 is 0 Å². The molecule has 0 aromatic heterocycles. The summed E-state index contributed by atoms with van der Waals surface area (Å²) in [5, 5.41) is 10.5. The van der Waals surface area contributed by atoms with Gasteiger partial charge in [-0.25, -0.2) is 0 Å². The lowest BCUT2D eigenvalue weighted by Gasteiger charge is -2.50. The fourth-order valence-corrected chi connectivity index (χ4v) is 3.82. The maximum atomic E-state index is 10.5. The largest absolute Gasteiger partial charge is 0.386 e. The van der Waals surface area contributed by atoms with E-state index in [0.29, 0.717) is 5.41 Å². The van der Waals surface area contributed by atoms with Crippen molar-refractivity contribution in [3.8, 4) is 0 Å². The molecule has 2 heterocycles. The molecule has 3 nitrogen and oxygen atoms in total. The average Bonchev–Trinajstić information content (AvgIpc) is 2.75. The highest BCUT2D eigenvalue weighted by molar-refractivity contribution is 5.02. The molecule has 0 bridgehead atoms. The van der Waals surface area contributed by atoms with Crippen molar-refractivity contribution in [1.82, 2.24) is 4.90 Å². The monoisotopic (exact) mass is 225 g/mol. The minimum absolute atomic E-state index is 0.00706. The summed E-state index contributed by atoms with van der Waals surface area (Å²) in [5.41, 5.74) is 0.0548. The molecule has 0 aromatic carbocycles. The molecular weight excluding hydrogens is 202 g/mol. The molecule has 2 saturated heterocycles. The molecule has 0 amide bonds. The summed E-state index contributed by atoms with van der Waals surface area (Å²) in [7, 11) is 0. The molecule has 3 fully saturated rings. The van der Waals surface area contributed by atoms with Crippen LogP contribution in [0.3, 0.4) is 0 Å². The average molecular weight is 225 g/mol. The molecule has 92 valence electrons. The van der Waals surface area contributed by atoms with Gasteiger partial charge in [-0.1, -0.05) is 12.8 Å². The Balaban J connectivity index is 1.54. The van der Waals surface area contributed by atoms with E-state index in [-0.39, 0.29) is 6.10 Å². The second kappa shape index (κ2) is 3.69. The third kappa shape index (κ3) is 1.69. The summed E-state index contributed by atoms with van der Waals surface area (Å²) in [4.78, 5) is 2.43. The minimum atomic E-state index is -0.583. The highest BCUT2D eigenvalue weighted by Gasteiger charge is 2.49. The smallest absolute Gasteiger partial charge is 0.105 e. The van der Waals surface area contributed by atoms with Crippen LogP contribution in [0.25, 0.3) is 0 Å². The van der Waals surface area contributed by atoms with Gasteiger partial charge in [-0.3, -0.25) is 4.90 Å². The van der Waals surface area contributed by atoms with E-state index < -0.39 is 5.60 Å². The molecule has 3 aliphatic rings. The fraction of sp³-hybridized carbons (Fsp3) is 1.00. The van der Waals surface area contributed by atoms with Gasteiger partial charge in [0.25, 0.3) is 0 Å². The summed E-state index contributed by atoms with van der Waals surface area (Å²) in [6.45, 7) is 5.95. The van der Waals surface area contributed by atoms with E-state index in [1.165, 1.54) is 38.8 Å². The van der Waals surface area contributed by atoms with Crippen molar-refractivity contribution in [1.29, 1.82) is 0 Å². The van der Waals surface area contributed by atoms with Crippen molar-refractivity contribution in [3.63, 3.8) is 0 Å². The van der Waals surface area contributed by atoms with Crippen molar-refractivity contribution >= 4 is 0 Å². The molecule has 3 heteroatoms. The maximum Gasteiger partial charge on any atom is 0.105 e. The number of β-amino-alcohol motifs (C(OH)–C–C–N with tert-alkyl or cyclic N) is 1. The van der Waals surface area contributed by atoms with Gasteiger partial charge in [0.2, 0.25) is 0 Å². The Hall–Kier alpha value is -0.120. The van der Waals surface area contributed by atoms with Crippen LogP contribution >= 0.6 is 0 Å². The topological polar surface area (TPSA) is 32.7 Å². The molecule has 0 aromatic rings. The van der Waals surface area contributed by atoms with E-state index in [4.69, 9.17) is 4.74 Å². The van der Waals surface area contributed by atoms with Crippen LogP contribution in [0.2, 0.25) is 0 Å². The van der Waals surface area contributed by atoms with Crippen LogP contribution in [-0.2, 0) is 4.74 Å². The second-order valence-electron chi connectivity index (χ2n) is 6.22. The molecule has 2 aliphatic heterocycles. The Morgan fingerprint density at radius 1 is 1.25 bits per heavy atom. The predicted molar refractivity (Wildman–Crippen MR) is 62.3 cm³/mol. The van der Waals surface area contributed by atoms with Gasteiger partial charge < -0.3 is 9.84 Å². The molecule has 1 N–H and O–H groups in total. The van der Waals surface area contributed by atoms with Gasteiger partial charge in [-0.05, 0) is 25.2 Å². The quantitative estimate of drug-likeness (QED) is 0.771. The van der Waals surface area contributed by atoms with Gasteiger partial charge in [0.15, 0.2) is 0 Å². The van der Waals surface area contributed by atoms with Crippen LogP contribution in [0.5, 0.6) is 0 Å². The number of hydrogen-bond acceptors (Lipinski definition) is 3. The number of hydrogen-bond donors (Lipinski definition) is 1. The predicted octanol–water partition coefficient (Wildman–Crippen LogP) is 1.40. The van der Waals surface area contributed by atoms with Crippen molar-refractivity contribution in [2.24, 2.45) is 5.41 Å². The van der Waals surface area contributed by atoms with Crippen LogP contribution in [0.4, 0.5) is 0 Å². The van der Waals surface area contributed by atoms with Gasteiger partial charge in [0, 0.05) is 32.7 Å². The van der Waals surface area contributed by atoms with E-state index in [1.54, 1.807) is 0 Å². The van der Waals surface area contributed by atoms with E-state index in [1.807, 2.05) is 6.92 Å². The number of nitrogens with zero attached hydrogens (tertiary/aromatic N) is 1. The Kier molecular flexibility index (Phi) is 2.54. The molecule has 0 radical (unpaired) electrons. The zero-order valence-electron chi connectivity index (χ0n) is 10.2. The van der Waals surface area contributed by atoms with E-state index in [0.717, 1.165) is 19.6 Å². The van der Waals surface area contributed by atoms with Crippen molar-refractivity contribution in [2.75, 3.05) is 26.2 Å². The number of rotatable bonds is 2. The zero-order chi connectivity index (χ0) is 11.2. The van der Waals surface area contributed by atoms with Crippen LogP contribution in [0.15, 0.2) is 0 Å². The Labute approximate surface area is 97.8 Å². The fourth-order valence-electron chi connectivity index (χ4n) is 3.82. The van der Waals surface area contributed by atoms with Crippen LogP contribution in [0.1, 0.15) is 39.0 Å². The summed E-state index contributed by atoms with van der Waals surface area (Å²) < 4.78 is 5.48. The Morgan fingerprint density at radius 3 is 2.50 bits per heavy atom. The van der Waals surface area contributed by atoms with E-state index in [2.05, 4.69) is 4.90 Å². The van der Waals surface area contributed by atoms with Gasteiger partial charge in [-0.2, -0.15) is 0 Å². The first-order valence-corrected chi connectivity index (χ1v) is 6.68. The lowest BCUT2D eigenvalue weighted by Crippen LogP contribution is -2.60. The molecule has 1 saturated carbocycles. The zero-order valence-corrected chi connectivity index (χ0v) is 10.2. The summed E-state index contributed by atoms with van der Waals surface area (Å²) >= 11 is 0. The van der Waals surface area contributed by atoms with Crippen molar-refractivity contribution in [2.45, 2.75) is 50.7 Å². The van der Waals surface area contributed by atoms with Gasteiger partial charge in [0.1, 0.15) is 5.60 Å². The summed E-state index contributed by atoms with van der Waals surface area (Å²) in [5.74, 6) is 0. The number of ether oxygens (including phenoxy) is 1. The van der Waals surface area contributed by atoms with Crippen LogP contribution in [-0.4, -0.2) is 48.0 Å². The highest BCUT2D eigenvalue weighted by atomic mass is 16.5. The van der Waals surface area contributed by atoms with E-state index in [9.17, 15) is 5.11 Å². The van der Waals surface area contributed by atoms with Gasteiger partial charge >= 0.3 is 0 Å². The SMILES string of the molecule is CC1OCCC1(O)CN1CC2(CCCC2)C1. The molecule has 1 aliphatic carbocycles. The highest BCUT2D eigenvalue weighted by Crippen LogP contribution is 2.46. The standard InChI is InChI=1S/C13H23NO2/c1-11-13(15,6-7-16-11)10-14-8-12(9-14)4-2-3-5-12/h11,15H,2-10H2,1H3. The van der Waals surface area contributed by atoms with Crippen molar-refractivity contribution in [3.05, 3.63) is 0 Å². The molecule has 3 rings (SSSR count). The first kappa shape index (κ1) is 11.0. The van der Waals surface area contributed by atoms with Crippen LogP contribution < -0.4 is 0 Å². The normalized spacial score (nSPS) is 42.8. The molecule has 2 atom stereocenters. The minimum Gasteiger partial charge on any atom is -0.386 e. The Morgan fingerprint density at radius 2 is 1.94 bits per heavy atom. The third-order valence-corrected chi connectivity index (χ3v) is 4.94.